The first-order valence-electron chi connectivity index (χ1n) is 7.19. The predicted octanol–water partition coefficient (Wildman–Crippen LogP) is 1.68. The largest absolute Gasteiger partial charge is 0.351 e. The Bertz CT molecular complexity index is 309. The van der Waals surface area contributed by atoms with E-state index in [1.54, 1.807) is 0 Å². The van der Waals surface area contributed by atoms with Gasteiger partial charge in [0.05, 0.1) is 0 Å². The van der Waals surface area contributed by atoms with E-state index in [2.05, 4.69) is 17.6 Å². The Kier molecular flexibility index (Phi) is 2.89. The van der Waals surface area contributed by atoms with Crippen molar-refractivity contribution in [2.75, 3.05) is 13.1 Å². The van der Waals surface area contributed by atoms with Gasteiger partial charge in [-0.05, 0) is 64.0 Å². The number of piperidine rings is 1. The normalized spacial score (nSPS) is 39.2. The lowest BCUT2D eigenvalue weighted by Crippen LogP contribution is -2.54. The Balaban J connectivity index is 1.59. The molecular weight excluding hydrogens is 212 g/mol. The first-order chi connectivity index (χ1) is 8.16. The summed E-state index contributed by atoms with van der Waals surface area (Å²) in [7, 11) is 0. The van der Waals surface area contributed by atoms with Crippen molar-refractivity contribution in [3.8, 4) is 0 Å². The SMILES string of the molecule is CC1(NC(=O)C2CC3CCC2C3)CCNCC1. The average Bonchev–Trinajstić information content (AvgIpc) is 2.91. The zero-order valence-electron chi connectivity index (χ0n) is 10.8. The first kappa shape index (κ1) is 11.5. The van der Waals surface area contributed by atoms with Crippen LogP contribution in [0.25, 0.3) is 0 Å². The van der Waals surface area contributed by atoms with Gasteiger partial charge < -0.3 is 10.6 Å². The van der Waals surface area contributed by atoms with E-state index in [0.29, 0.717) is 17.7 Å². The van der Waals surface area contributed by atoms with Crippen LogP contribution in [0.5, 0.6) is 0 Å². The molecule has 0 aromatic rings. The molecule has 3 aliphatic rings. The Morgan fingerprint density at radius 3 is 2.59 bits per heavy atom. The van der Waals surface area contributed by atoms with Gasteiger partial charge in [0.15, 0.2) is 0 Å². The number of hydrogen-bond donors (Lipinski definition) is 2. The van der Waals surface area contributed by atoms with Crippen LogP contribution in [0, 0.1) is 17.8 Å². The summed E-state index contributed by atoms with van der Waals surface area (Å²) in [6, 6.07) is 0. The molecule has 3 atom stereocenters. The molecular formula is C14H24N2O. The van der Waals surface area contributed by atoms with Crippen LogP contribution in [0.15, 0.2) is 0 Å². The molecule has 3 rings (SSSR count). The minimum atomic E-state index is 0.0458. The third-order valence-electron chi connectivity index (χ3n) is 5.21. The number of carbonyl (C=O) groups is 1. The van der Waals surface area contributed by atoms with Crippen LogP contribution in [0.1, 0.15) is 45.4 Å². The Morgan fingerprint density at radius 2 is 2.00 bits per heavy atom. The average molecular weight is 236 g/mol. The molecule has 2 saturated carbocycles. The van der Waals surface area contributed by atoms with E-state index in [1.165, 1.54) is 19.3 Å². The van der Waals surface area contributed by atoms with Crippen molar-refractivity contribution >= 4 is 5.91 Å². The van der Waals surface area contributed by atoms with Gasteiger partial charge in [0.25, 0.3) is 0 Å². The number of rotatable bonds is 2. The van der Waals surface area contributed by atoms with Crippen LogP contribution in [-0.4, -0.2) is 24.5 Å². The molecule has 0 aromatic carbocycles. The van der Waals surface area contributed by atoms with Crippen LogP contribution in [0.2, 0.25) is 0 Å². The van der Waals surface area contributed by atoms with E-state index in [4.69, 9.17) is 0 Å². The highest BCUT2D eigenvalue weighted by Gasteiger charge is 2.44. The topological polar surface area (TPSA) is 41.1 Å². The monoisotopic (exact) mass is 236 g/mol. The Hall–Kier alpha value is -0.570. The molecule has 1 amide bonds. The fraction of sp³-hybridized carbons (Fsp3) is 0.929. The smallest absolute Gasteiger partial charge is 0.223 e. The summed E-state index contributed by atoms with van der Waals surface area (Å²) in [6.45, 7) is 4.28. The molecule has 0 aromatic heterocycles. The molecule has 3 unspecified atom stereocenters. The van der Waals surface area contributed by atoms with Crippen molar-refractivity contribution < 1.29 is 4.79 Å². The number of hydrogen-bond acceptors (Lipinski definition) is 2. The lowest BCUT2D eigenvalue weighted by atomic mass is 9.85. The molecule has 2 N–H and O–H groups in total. The fourth-order valence-electron chi connectivity index (χ4n) is 4.06. The number of fused-ring (bicyclic) bond motifs is 2. The molecule has 2 aliphatic carbocycles. The summed E-state index contributed by atoms with van der Waals surface area (Å²) in [6.07, 6.45) is 7.27. The summed E-state index contributed by atoms with van der Waals surface area (Å²) in [5.74, 6) is 2.24. The molecule has 1 heterocycles. The predicted molar refractivity (Wildman–Crippen MR) is 67.6 cm³/mol. The lowest BCUT2D eigenvalue weighted by Gasteiger charge is -2.36. The third-order valence-corrected chi connectivity index (χ3v) is 5.21. The van der Waals surface area contributed by atoms with Crippen molar-refractivity contribution in [3.63, 3.8) is 0 Å². The number of nitrogens with one attached hydrogen (secondary N) is 2. The quantitative estimate of drug-likeness (QED) is 0.766. The zero-order valence-corrected chi connectivity index (χ0v) is 10.8. The second-order valence-corrected chi connectivity index (χ2v) is 6.58. The first-order valence-corrected chi connectivity index (χ1v) is 7.19. The van der Waals surface area contributed by atoms with Crippen LogP contribution in [-0.2, 0) is 4.79 Å². The van der Waals surface area contributed by atoms with Crippen molar-refractivity contribution in [1.29, 1.82) is 0 Å². The van der Waals surface area contributed by atoms with Gasteiger partial charge in [0.2, 0.25) is 5.91 Å². The van der Waals surface area contributed by atoms with E-state index in [9.17, 15) is 4.79 Å². The summed E-state index contributed by atoms with van der Waals surface area (Å²) in [5, 5.41) is 6.70. The molecule has 0 spiro atoms. The van der Waals surface area contributed by atoms with E-state index >= 15 is 0 Å². The van der Waals surface area contributed by atoms with Crippen LogP contribution in [0.3, 0.4) is 0 Å². The van der Waals surface area contributed by atoms with Crippen LogP contribution in [0.4, 0.5) is 0 Å². The maximum atomic E-state index is 12.4. The van der Waals surface area contributed by atoms with Gasteiger partial charge in [0, 0.05) is 11.5 Å². The van der Waals surface area contributed by atoms with Gasteiger partial charge in [-0.15, -0.1) is 0 Å². The van der Waals surface area contributed by atoms with Crippen LogP contribution < -0.4 is 10.6 Å². The molecule has 3 heteroatoms. The molecule has 2 bridgehead atoms. The highest BCUT2D eigenvalue weighted by molar-refractivity contribution is 5.80. The lowest BCUT2D eigenvalue weighted by molar-refractivity contribution is -0.128. The van der Waals surface area contributed by atoms with Gasteiger partial charge in [-0.1, -0.05) is 6.42 Å². The summed E-state index contributed by atoms with van der Waals surface area (Å²) < 4.78 is 0. The van der Waals surface area contributed by atoms with E-state index in [-0.39, 0.29) is 5.54 Å². The van der Waals surface area contributed by atoms with Crippen molar-refractivity contribution in [2.45, 2.75) is 51.0 Å². The maximum Gasteiger partial charge on any atom is 0.223 e. The van der Waals surface area contributed by atoms with Crippen molar-refractivity contribution in [1.82, 2.24) is 10.6 Å². The van der Waals surface area contributed by atoms with E-state index in [1.807, 2.05) is 0 Å². The second kappa shape index (κ2) is 4.27. The maximum absolute atomic E-state index is 12.4. The summed E-state index contributed by atoms with van der Waals surface area (Å²) >= 11 is 0. The number of carbonyl (C=O) groups excluding carboxylic acids is 1. The molecule has 3 fully saturated rings. The number of amides is 1. The summed E-state index contributed by atoms with van der Waals surface area (Å²) in [4.78, 5) is 12.4. The minimum Gasteiger partial charge on any atom is -0.351 e. The molecule has 1 saturated heterocycles. The summed E-state index contributed by atoms with van der Waals surface area (Å²) in [5.41, 5.74) is 0.0458. The molecule has 17 heavy (non-hydrogen) atoms. The van der Waals surface area contributed by atoms with Crippen molar-refractivity contribution in [2.24, 2.45) is 17.8 Å². The zero-order chi connectivity index (χ0) is 11.9. The molecule has 3 nitrogen and oxygen atoms in total. The van der Waals surface area contributed by atoms with Crippen LogP contribution >= 0.6 is 0 Å². The van der Waals surface area contributed by atoms with Gasteiger partial charge >= 0.3 is 0 Å². The van der Waals surface area contributed by atoms with Gasteiger partial charge in [-0.3, -0.25) is 4.79 Å². The highest BCUT2D eigenvalue weighted by Crippen LogP contribution is 2.48. The Morgan fingerprint density at radius 1 is 1.24 bits per heavy atom. The van der Waals surface area contributed by atoms with E-state index < -0.39 is 0 Å². The van der Waals surface area contributed by atoms with Gasteiger partial charge in [0.1, 0.15) is 0 Å². The standard InChI is InChI=1S/C14H24N2O/c1-14(4-6-15-7-5-14)16-13(17)12-9-10-2-3-11(12)8-10/h10-12,15H,2-9H2,1H3,(H,16,17). The molecule has 0 radical (unpaired) electrons. The van der Waals surface area contributed by atoms with Gasteiger partial charge in [-0.25, -0.2) is 0 Å². The molecule has 96 valence electrons. The Labute approximate surface area is 104 Å². The highest BCUT2D eigenvalue weighted by atomic mass is 16.2. The third kappa shape index (κ3) is 2.22. The minimum absolute atomic E-state index is 0.0458. The van der Waals surface area contributed by atoms with Gasteiger partial charge in [-0.2, -0.15) is 0 Å². The van der Waals surface area contributed by atoms with E-state index in [0.717, 1.165) is 38.3 Å². The van der Waals surface area contributed by atoms with Crippen molar-refractivity contribution in [3.05, 3.63) is 0 Å². The fourth-order valence-corrected chi connectivity index (χ4v) is 4.06. The second-order valence-electron chi connectivity index (χ2n) is 6.58. The molecule has 1 aliphatic heterocycles.